The number of fused-ring (bicyclic) bond motifs is 1. The summed E-state index contributed by atoms with van der Waals surface area (Å²) in [4.78, 5) is 17.3. The molecule has 0 saturated heterocycles. The van der Waals surface area contributed by atoms with Crippen molar-refractivity contribution in [2.45, 2.75) is 18.3 Å². The molecule has 4 rings (SSSR count). The second kappa shape index (κ2) is 10.3. The van der Waals surface area contributed by atoms with Crippen molar-refractivity contribution in [1.29, 1.82) is 0 Å². The van der Waals surface area contributed by atoms with Crippen LogP contribution in [0, 0.1) is 0 Å². The van der Waals surface area contributed by atoms with Crippen molar-refractivity contribution in [2.75, 3.05) is 46.2 Å². The highest BCUT2D eigenvalue weighted by molar-refractivity contribution is 6.00. The highest BCUT2D eigenvalue weighted by atomic mass is 16.5. The normalized spacial score (nSPS) is 14.0. The molecule has 176 valence electrons. The Morgan fingerprint density at radius 1 is 0.882 bits per heavy atom. The average molecular weight is 455 g/mol. The lowest BCUT2D eigenvalue weighted by Crippen LogP contribution is -2.31. The minimum absolute atomic E-state index is 0.289. The van der Waals surface area contributed by atoms with Crippen molar-refractivity contribution < 1.29 is 9.53 Å². The number of carbonyl (C=O) groups excluding carboxylic acids is 1. The number of hydrogen-bond acceptors (Lipinski definition) is 4. The molecule has 0 radical (unpaired) electrons. The number of nitrogens with zero attached hydrogens (tertiary/aromatic N) is 2. The molecule has 0 N–H and O–H groups in total. The first-order chi connectivity index (χ1) is 16.5. The molecule has 0 amide bonds. The molecule has 0 aliphatic heterocycles. The van der Waals surface area contributed by atoms with E-state index in [0.717, 1.165) is 42.7 Å². The molecule has 34 heavy (non-hydrogen) atoms. The third kappa shape index (κ3) is 4.64. The van der Waals surface area contributed by atoms with Gasteiger partial charge in [0, 0.05) is 19.0 Å². The molecule has 0 aromatic heterocycles. The number of anilines is 1. The molecule has 3 aromatic rings. The van der Waals surface area contributed by atoms with Gasteiger partial charge in [-0.3, -0.25) is 0 Å². The maximum Gasteiger partial charge on any atom is 0.340 e. The van der Waals surface area contributed by atoms with E-state index < -0.39 is 0 Å². The number of ether oxygens (including phenoxy) is 1. The number of esters is 1. The Morgan fingerprint density at radius 2 is 1.50 bits per heavy atom. The number of rotatable bonds is 8. The number of allylic oxidation sites excluding steroid dienone is 1. The van der Waals surface area contributed by atoms with Gasteiger partial charge < -0.3 is 14.5 Å². The molecular formula is C30H34N2O2. The van der Waals surface area contributed by atoms with Crippen molar-refractivity contribution in [3.8, 4) is 0 Å². The highest BCUT2D eigenvalue weighted by Crippen LogP contribution is 2.43. The molecule has 4 heteroatoms. The van der Waals surface area contributed by atoms with E-state index in [1.807, 2.05) is 0 Å². The first-order valence-corrected chi connectivity index (χ1v) is 11.9. The second-order valence-corrected chi connectivity index (χ2v) is 9.32. The lowest BCUT2D eigenvalue weighted by Gasteiger charge is -2.36. The van der Waals surface area contributed by atoms with Crippen molar-refractivity contribution in [3.05, 3.63) is 107 Å². The van der Waals surface area contributed by atoms with E-state index in [4.69, 9.17) is 4.74 Å². The van der Waals surface area contributed by atoms with Gasteiger partial charge in [0.05, 0.1) is 18.4 Å². The first-order valence-electron chi connectivity index (χ1n) is 11.9. The topological polar surface area (TPSA) is 32.8 Å². The lowest BCUT2D eigenvalue weighted by molar-refractivity contribution is 0.0601. The Bertz CT molecular complexity index is 1110. The molecule has 0 fully saturated rings. The van der Waals surface area contributed by atoms with Crippen LogP contribution in [0.3, 0.4) is 0 Å². The molecule has 0 heterocycles. The van der Waals surface area contributed by atoms with E-state index in [1.165, 1.54) is 18.2 Å². The smallest absolute Gasteiger partial charge is 0.340 e. The van der Waals surface area contributed by atoms with Gasteiger partial charge in [0.2, 0.25) is 0 Å². The number of carbonyl (C=O) groups is 1. The van der Waals surface area contributed by atoms with E-state index in [9.17, 15) is 4.79 Å². The summed E-state index contributed by atoms with van der Waals surface area (Å²) in [6, 6.07) is 25.5. The minimum Gasteiger partial charge on any atom is -0.465 e. The fourth-order valence-corrected chi connectivity index (χ4v) is 4.99. The van der Waals surface area contributed by atoms with Crippen LogP contribution in [0.15, 0.2) is 78.9 Å². The fourth-order valence-electron chi connectivity index (χ4n) is 4.99. The zero-order valence-corrected chi connectivity index (χ0v) is 20.6. The van der Waals surface area contributed by atoms with Crippen LogP contribution < -0.4 is 4.90 Å². The summed E-state index contributed by atoms with van der Waals surface area (Å²) in [7, 11) is 7.67. The lowest BCUT2D eigenvalue weighted by atomic mass is 9.67. The Kier molecular flexibility index (Phi) is 7.18. The molecule has 4 nitrogen and oxygen atoms in total. The van der Waals surface area contributed by atoms with Crippen LogP contribution in [0.2, 0.25) is 0 Å². The van der Waals surface area contributed by atoms with Gasteiger partial charge in [0.15, 0.2) is 0 Å². The molecule has 1 aliphatic carbocycles. The maximum absolute atomic E-state index is 13.0. The molecule has 0 bridgehead atoms. The van der Waals surface area contributed by atoms with E-state index >= 15 is 0 Å². The molecular weight excluding hydrogens is 420 g/mol. The second-order valence-electron chi connectivity index (χ2n) is 9.32. The summed E-state index contributed by atoms with van der Waals surface area (Å²) in [5.41, 5.74) is 5.88. The summed E-state index contributed by atoms with van der Waals surface area (Å²) in [5.74, 6) is -0.289. The standard InChI is InChI=1S/C30H34N2O2/c1-31(2)20-11-21-32(3)27-17-16-23-22-30(24-12-7-5-8-13-24,25-14-9-6-10-15-25)19-18-26(23)28(27)29(33)34-4/h5-10,12-19H,11,20-22H2,1-4H3. The van der Waals surface area contributed by atoms with Gasteiger partial charge in [0.1, 0.15) is 0 Å². The average Bonchev–Trinajstić information content (AvgIpc) is 2.88. The van der Waals surface area contributed by atoms with Crippen LogP contribution in [0.25, 0.3) is 6.08 Å². The van der Waals surface area contributed by atoms with Crippen molar-refractivity contribution >= 4 is 17.7 Å². The first kappa shape index (κ1) is 23.8. The van der Waals surface area contributed by atoms with Gasteiger partial charge in [-0.05, 0) is 61.8 Å². The predicted molar refractivity (Wildman–Crippen MR) is 141 cm³/mol. The summed E-state index contributed by atoms with van der Waals surface area (Å²) >= 11 is 0. The summed E-state index contributed by atoms with van der Waals surface area (Å²) in [6.45, 7) is 1.86. The maximum atomic E-state index is 13.0. The highest BCUT2D eigenvalue weighted by Gasteiger charge is 2.36. The monoisotopic (exact) mass is 454 g/mol. The van der Waals surface area contributed by atoms with Crippen LogP contribution in [-0.2, 0) is 16.6 Å². The Hall–Kier alpha value is -3.37. The summed E-state index contributed by atoms with van der Waals surface area (Å²) < 4.78 is 5.25. The van der Waals surface area contributed by atoms with E-state index in [2.05, 4.69) is 116 Å². The van der Waals surface area contributed by atoms with Crippen molar-refractivity contribution in [3.63, 3.8) is 0 Å². The Balaban J connectivity index is 1.79. The fraction of sp³-hybridized carbons (Fsp3) is 0.300. The Morgan fingerprint density at radius 3 is 2.06 bits per heavy atom. The molecule has 3 aromatic carbocycles. The van der Waals surface area contributed by atoms with Crippen LogP contribution in [0.4, 0.5) is 5.69 Å². The van der Waals surface area contributed by atoms with Crippen LogP contribution in [0.1, 0.15) is 39.0 Å². The SMILES string of the molecule is COC(=O)c1c(N(C)CCCN(C)C)ccc2c1C=CC(c1ccccc1)(c1ccccc1)C2. The molecule has 0 atom stereocenters. The van der Waals surface area contributed by atoms with E-state index in [0.29, 0.717) is 5.56 Å². The third-order valence-corrected chi connectivity index (χ3v) is 6.80. The quantitative estimate of drug-likeness (QED) is 0.426. The van der Waals surface area contributed by atoms with Gasteiger partial charge in [-0.1, -0.05) is 78.9 Å². The molecule has 1 aliphatic rings. The van der Waals surface area contributed by atoms with E-state index in [1.54, 1.807) is 0 Å². The van der Waals surface area contributed by atoms with Gasteiger partial charge in [-0.2, -0.15) is 0 Å². The van der Waals surface area contributed by atoms with Gasteiger partial charge >= 0.3 is 5.97 Å². The summed E-state index contributed by atoms with van der Waals surface area (Å²) in [6.07, 6.45) is 6.19. The largest absolute Gasteiger partial charge is 0.465 e. The zero-order chi connectivity index (χ0) is 24.1. The minimum atomic E-state index is -0.290. The van der Waals surface area contributed by atoms with Crippen LogP contribution in [0.5, 0.6) is 0 Å². The van der Waals surface area contributed by atoms with Crippen molar-refractivity contribution in [1.82, 2.24) is 4.90 Å². The van der Waals surface area contributed by atoms with Gasteiger partial charge in [-0.25, -0.2) is 4.79 Å². The number of benzene rings is 3. The van der Waals surface area contributed by atoms with Crippen LogP contribution >= 0.6 is 0 Å². The zero-order valence-electron chi connectivity index (χ0n) is 20.6. The molecule has 0 unspecified atom stereocenters. The van der Waals surface area contributed by atoms with Gasteiger partial charge in [-0.15, -0.1) is 0 Å². The molecule has 0 spiro atoms. The Labute approximate surface area is 203 Å². The van der Waals surface area contributed by atoms with Crippen molar-refractivity contribution in [2.24, 2.45) is 0 Å². The summed E-state index contributed by atoms with van der Waals surface area (Å²) in [5, 5.41) is 0. The third-order valence-electron chi connectivity index (χ3n) is 6.80. The molecule has 0 saturated carbocycles. The van der Waals surface area contributed by atoms with E-state index in [-0.39, 0.29) is 11.4 Å². The van der Waals surface area contributed by atoms with Crippen LogP contribution in [-0.4, -0.2) is 52.2 Å². The predicted octanol–water partition coefficient (Wildman–Crippen LogP) is 5.42. The number of hydrogen-bond donors (Lipinski definition) is 0. The number of methoxy groups -OCH3 is 1. The van der Waals surface area contributed by atoms with Gasteiger partial charge in [0.25, 0.3) is 0 Å².